The van der Waals surface area contributed by atoms with E-state index in [1.54, 1.807) is 21.9 Å². The van der Waals surface area contributed by atoms with E-state index in [0.717, 1.165) is 12.8 Å². The van der Waals surface area contributed by atoms with Gasteiger partial charge >= 0.3 is 6.09 Å². The first kappa shape index (κ1) is 20.5. The molecule has 1 aromatic carbocycles. The molecule has 2 heterocycles. The first-order chi connectivity index (χ1) is 13.3. The summed E-state index contributed by atoms with van der Waals surface area (Å²) in [5.74, 6) is 0.721. The van der Waals surface area contributed by atoms with Gasteiger partial charge in [-0.2, -0.15) is 0 Å². The Hall–Kier alpha value is -2.28. The Balaban J connectivity index is 1.54. The maximum atomic E-state index is 12.5. The number of morpholine rings is 1. The minimum absolute atomic E-state index is 0.0172. The van der Waals surface area contributed by atoms with Crippen LogP contribution < -0.4 is 4.74 Å². The summed E-state index contributed by atoms with van der Waals surface area (Å²) in [5, 5.41) is 0. The number of likely N-dealkylation sites (tertiary alicyclic amines) is 1. The fourth-order valence-corrected chi connectivity index (χ4v) is 3.34. The Morgan fingerprint density at radius 1 is 1.04 bits per heavy atom. The normalized spacial score (nSPS) is 20.6. The molecule has 0 N–H and O–H groups in total. The molecule has 2 aliphatic rings. The second-order valence-electron chi connectivity index (χ2n) is 8.24. The minimum Gasteiger partial charge on any atom is -0.489 e. The summed E-state index contributed by atoms with van der Waals surface area (Å²) >= 11 is 0. The van der Waals surface area contributed by atoms with E-state index in [1.807, 2.05) is 32.9 Å². The van der Waals surface area contributed by atoms with Gasteiger partial charge in [0.05, 0.1) is 19.8 Å². The highest BCUT2D eigenvalue weighted by atomic mass is 16.6. The smallest absolute Gasteiger partial charge is 0.410 e. The third-order valence-corrected chi connectivity index (χ3v) is 4.73. The van der Waals surface area contributed by atoms with Gasteiger partial charge in [0.25, 0.3) is 5.91 Å². The summed E-state index contributed by atoms with van der Waals surface area (Å²) in [5.41, 5.74) is 0.140. The summed E-state index contributed by atoms with van der Waals surface area (Å²) < 4.78 is 16.8. The quantitative estimate of drug-likeness (QED) is 0.794. The molecule has 0 radical (unpaired) electrons. The maximum Gasteiger partial charge on any atom is 0.410 e. The third-order valence-electron chi connectivity index (χ3n) is 4.73. The highest BCUT2D eigenvalue weighted by molar-refractivity contribution is 5.94. The average molecular weight is 390 g/mol. The van der Waals surface area contributed by atoms with Gasteiger partial charge < -0.3 is 24.0 Å². The van der Waals surface area contributed by atoms with Crippen LogP contribution in [0.4, 0.5) is 4.79 Å². The number of rotatable bonds is 3. The maximum absolute atomic E-state index is 12.5. The van der Waals surface area contributed by atoms with E-state index in [4.69, 9.17) is 14.2 Å². The van der Waals surface area contributed by atoms with Crippen LogP contribution >= 0.6 is 0 Å². The fraction of sp³-hybridized carbons (Fsp3) is 0.619. The van der Waals surface area contributed by atoms with Crippen LogP contribution in [0.2, 0.25) is 0 Å². The molecule has 3 rings (SSSR count). The van der Waals surface area contributed by atoms with Crippen LogP contribution in [0.15, 0.2) is 24.3 Å². The minimum atomic E-state index is -0.506. The van der Waals surface area contributed by atoms with Crippen LogP contribution in [0, 0.1) is 0 Å². The lowest BCUT2D eigenvalue weighted by Crippen LogP contribution is -2.46. The second-order valence-corrected chi connectivity index (χ2v) is 8.24. The molecular formula is C21H30N2O5. The van der Waals surface area contributed by atoms with E-state index in [1.165, 1.54) is 0 Å². The van der Waals surface area contributed by atoms with Gasteiger partial charge in [0.1, 0.15) is 17.5 Å². The van der Waals surface area contributed by atoms with Crippen LogP contribution in [-0.2, 0) is 9.47 Å². The van der Waals surface area contributed by atoms with Crippen molar-refractivity contribution in [2.24, 2.45) is 0 Å². The van der Waals surface area contributed by atoms with Crippen molar-refractivity contribution in [3.8, 4) is 5.75 Å². The summed E-state index contributed by atoms with van der Waals surface area (Å²) in [6.45, 7) is 9.20. The van der Waals surface area contributed by atoms with E-state index >= 15 is 0 Å². The Kier molecular flexibility index (Phi) is 6.44. The Labute approximate surface area is 166 Å². The number of carbonyl (C=O) groups excluding carboxylic acids is 2. The van der Waals surface area contributed by atoms with Crippen LogP contribution in [0.1, 0.15) is 44.0 Å². The van der Waals surface area contributed by atoms with Crippen LogP contribution in [-0.4, -0.2) is 72.9 Å². The van der Waals surface area contributed by atoms with Crippen molar-refractivity contribution in [2.45, 2.75) is 45.3 Å². The monoisotopic (exact) mass is 390 g/mol. The van der Waals surface area contributed by atoms with Crippen LogP contribution in [0.5, 0.6) is 5.75 Å². The number of ether oxygens (including phenoxy) is 3. The largest absolute Gasteiger partial charge is 0.489 e. The number of hydrogen-bond acceptors (Lipinski definition) is 5. The molecular weight excluding hydrogens is 360 g/mol. The van der Waals surface area contributed by atoms with Crippen molar-refractivity contribution in [3.05, 3.63) is 29.8 Å². The summed E-state index contributed by atoms with van der Waals surface area (Å²) in [6, 6.07) is 7.23. The van der Waals surface area contributed by atoms with E-state index in [9.17, 15) is 9.59 Å². The molecule has 1 atom stereocenters. The molecule has 0 spiro atoms. The zero-order valence-electron chi connectivity index (χ0n) is 17.0. The number of carbonyl (C=O) groups is 2. The summed E-state index contributed by atoms with van der Waals surface area (Å²) in [7, 11) is 0. The molecule has 2 aliphatic heterocycles. The number of piperidine rings is 1. The zero-order valence-corrected chi connectivity index (χ0v) is 17.0. The Bertz CT molecular complexity index is 677. The van der Waals surface area contributed by atoms with Crippen LogP contribution in [0.25, 0.3) is 0 Å². The highest BCUT2D eigenvalue weighted by Gasteiger charge is 2.28. The van der Waals surface area contributed by atoms with Crippen molar-refractivity contribution < 1.29 is 23.8 Å². The van der Waals surface area contributed by atoms with E-state index in [0.29, 0.717) is 50.7 Å². The molecule has 0 aliphatic carbocycles. The first-order valence-corrected chi connectivity index (χ1v) is 9.93. The van der Waals surface area contributed by atoms with Crippen molar-refractivity contribution >= 4 is 12.0 Å². The molecule has 7 nitrogen and oxygen atoms in total. The van der Waals surface area contributed by atoms with Gasteiger partial charge in [-0.15, -0.1) is 0 Å². The lowest BCUT2D eigenvalue weighted by Gasteiger charge is -2.34. The predicted molar refractivity (Wildman–Crippen MR) is 105 cm³/mol. The predicted octanol–water partition coefficient (Wildman–Crippen LogP) is 2.94. The molecule has 2 amide bonds. The molecule has 0 bridgehead atoms. The van der Waals surface area contributed by atoms with Gasteiger partial charge in [-0.3, -0.25) is 4.79 Å². The first-order valence-electron chi connectivity index (χ1n) is 9.93. The van der Waals surface area contributed by atoms with E-state index in [-0.39, 0.29) is 18.1 Å². The standard InChI is InChI=1S/C21H30N2O5/c1-21(2,3)28-20(25)23-10-4-5-18(15-23)27-17-8-6-16(7-9-17)19(24)22-11-13-26-14-12-22/h6-9,18H,4-5,10-15H2,1-3H3. The Morgan fingerprint density at radius 3 is 2.36 bits per heavy atom. The lowest BCUT2D eigenvalue weighted by molar-refractivity contribution is 0.00773. The highest BCUT2D eigenvalue weighted by Crippen LogP contribution is 2.21. The summed E-state index contributed by atoms with van der Waals surface area (Å²) in [4.78, 5) is 28.3. The number of benzene rings is 1. The topological polar surface area (TPSA) is 68.3 Å². The molecule has 7 heteroatoms. The van der Waals surface area contributed by atoms with Gasteiger partial charge in [-0.05, 0) is 57.9 Å². The van der Waals surface area contributed by atoms with Gasteiger partial charge in [0.2, 0.25) is 0 Å². The molecule has 28 heavy (non-hydrogen) atoms. The van der Waals surface area contributed by atoms with Crippen molar-refractivity contribution in [1.82, 2.24) is 9.80 Å². The van der Waals surface area contributed by atoms with Crippen LogP contribution in [0.3, 0.4) is 0 Å². The number of nitrogens with zero attached hydrogens (tertiary/aromatic N) is 2. The fourth-order valence-electron chi connectivity index (χ4n) is 3.34. The Morgan fingerprint density at radius 2 is 1.71 bits per heavy atom. The summed E-state index contributed by atoms with van der Waals surface area (Å²) in [6.07, 6.45) is 1.37. The van der Waals surface area contributed by atoms with Crippen molar-refractivity contribution in [3.63, 3.8) is 0 Å². The second kappa shape index (κ2) is 8.82. The van der Waals surface area contributed by atoms with E-state index in [2.05, 4.69) is 0 Å². The van der Waals surface area contributed by atoms with Crippen molar-refractivity contribution in [2.75, 3.05) is 39.4 Å². The lowest BCUT2D eigenvalue weighted by atomic mass is 10.1. The van der Waals surface area contributed by atoms with Gasteiger partial charge in [-0.1, -0.05) is 0 Å². The zero-order chi connectivity index (χ0) is 20.1. The van der Waals surface area contributed by atoms with Gasteiger partial charge in [-0.25, -0.2) is 4.79 Å². The molecule has 2 saturated heterocycles. The molecule has 0 saturated carbocycles. The number of amides is 2. The molecule has 0 aromatic heterocycles. The van der Waals surface area contributed by atoms with Crippen molar-refractivity contribution in [1.29, 1.82) is 0 Å². The molecule has 1 unspecified atom stereocenters. The van der Waals surface area contributed by atoms with Gasteiger partial charge in [0.15, 0.2) is 0 Å². The number of hydrogen-bond donors (Lipinski definition) is 0. The third kappa shape index (κ3) is 5.61. The molecule has 2 fully saturated rings. The van der Waals surface area contributed by atoms with E-state index < -0.39 is 5.60 Å². The molecule has 154 valence electrons. The van der Waals surface area contributed by atoms with Gasteiger partial charge in [0, 0.05) is 25.2 Å². The molecule has 1 aromatic rings. The average Bonchev–Trinajstić information content (AvgIpc) is 2.68. The SMILES string of the molecule is CC(C)(C)OC(=O)N1CCCC(Oc2ccc(C(=O)N3CCOCC3)cc2)C1.